The fourth-order valence-electron chi connectivity index (χ4n) is 4.16. The van der Waals surface area contributed by atoms with Crippen LogP contribution in [0.1, 0.15) is 23.6 Å². The molecule has 4 rings (SSSR count). The molecule has 0 aliphatic carbocycles. The lowest BCUT2D eigenvalue weighted by Gasteiger charge is -2.33. The molecule has 32 heavy (non-hydrogen) atoms. The number of methoxy groups -OCH3 is 2. The number of carbonyl (C=O) groups excluding carboxylic acids is 1. The van der Waals surface area contributed by atoms with Crippen LogP contribution >= 0.6 is 0 Å². The second-order valence-electron chi connectivity index (χ2n) is 8.20. The van der Waals surface area contributed by atoms with Crippen molar-refractivity contribution in [2.75, 3.05) is 54.0 Å². The third-order valence-electron chi connectivity index (χ3n) is 6.10. The molecule has 2 aromatic carbocycles. The van der Waals surface area contributed by atoms with Crippen molar-refractivity contribution in [1.29, 1.82) is 0 Å². The number of ether oxygens (including phenoxy) is 2. The molecule has 2 aliphatic heterocycles. The largest absolute Gasteiger partial charge is 0.497 e. The quantitative estimate of drug-likeness (QED) is 0.692. The van der Waals surface area contributed by atoms with Gasteiger partial charge in [0.05, 0.1) is 32.5 Å². The van der Waals surface area contributed by atoms with Crippen molar-refractivity contribution >= 4 is 11.6 Å². The van der Waals surface area contributed by atoms with Crippen molar-refractivity contribution in [3.05, 3.63) is 59.4 Å². The highest BCUT2D eigenvalue weighted by atomic mass is 19.1. The lowest BCUT2D eigenvalue weighted by atomic mass is 9.97. The van der Waals surface area contributed by atoms with Crippen molar-refractivity contribution in [2.24, 2.45) is 5.10 Å². The Labute approximate surface area is 188 Å². The zero-order chi connectivity index (χ0) is 22.7. The number of hydrogen-bond donors (Lipinski definition) is 0. The molecule has 0 radical (unpaired) electrons. The Morgan fingerprint density at radius 3 is 2.44 bits per heavy atom. The second-order valence-corrected chi connectivity index (χ2v) is 8.20. The second kappa shape index (κ2) is 9.67. The molecule has 0 unspecified atom stereocenters. The van der Waals surface area contributed by atoms with Crippen molar-refractivity contribution in [1.82, 2.24) is 14.8 Å². The summed E-state index contributed by atoms with van der Waals surface area (Å²) in [6, 6.07) is 11.5. The average Bonchev–Trinajstić information content (AvgIpc) is 3.26. The van der Waals surface area contributed by atoms with Gasteiger partial charge in [-0.2, -0.15) is 5.10 Å². The first-order valence-electron chi connectivity index (χ1n) is 10.8. The number of halogens is 1. The van der Waals surface area contributed by atoms with Crippen LogP contribution in [0.2, 0.25) is 0 Å². The van der Waals surface area contributed by atoms with Gasteiger partial charge in [0.25, 0.3) is 5.91 Å². The molecule has 0 bridgehead atoms. The first-order chi connectivity index (χ1) is 15.5. The van der Waals surface area contributed by atoms with Gasteiger partial charge in [-0.25, -0.2) is 9.40 Å². The lowest BCUT2D eigenvalue weighted by molar-refractivity contribution is -0.134. The minimum Gasteiger partial charge on any atom is -0.497 e. The SMILES string of the molecule is COc1ccc([C@@H]2CC(c3ccc(F)cc3)=NN2C(=O)CN2CCN(C)CC2)c(OC)c1. The van der Waals surface area contributed by atoms with Crippen LogP contribution in [0.3, 0.4) is 0 Å². The highest BCUT2D eigenvalue weighted by molar-refractivity contribution is 6.03. The maximum absolute atomic E-state index is 13.4. The van der Waals surface area contributed by atoms with Crippen molar-refractivity contribution in [3.8, 4) is 11.5 Å². The number of likely N-dealkylation sites (N-methyl/N-ethyl adjacent to an activating group) is 1. The van der Waals surface area contributed by atoms with E-state index in [4.69, 9.17) is 14.6 Å². The van der Waals surface area contributed by atoms with E-state index in [2.05, 4.69) is 16.8 Å². The summed E-state index contributed by atoms with van der Waals surface area (Å²) in [6.45, 7) is 3.88. The number of hydrazone groups is 1. The minimum atomic E-state index is -0.309. The standard InChI is InChI=1S/C24H29FN4O3/c1-27-10-12-28(13-11-27)16-24(30)29-22(20-9-8-19(31-2)14-23(20)32-3)15-21(26-29)17-4-6-18(25)7-5-17/h4-9,14,22H,10-13,15-16H2,1-3H3/t22-/m0/s1. The van der Waals surface area contributed by atoms with E-state index in [1.54, 1.807) is 31.4 Å². The summed E-state index contributed by atoms with van der Waals surface area (Å²) in [4.78, 5) is 17.8. The first kappa shape index (κ1) is 22.2. The van der Waals surface area contributed by atoms with E-state index in [1.165, 1.54) is 12.1 Å². The number of benzene rings is 2. The molecule has 2 aromatic rings. The number of nitrogens with zero attached hydrogens (tertiary/aromatic N) is 4. The van der Waals surface area contributed by atoms with E-state index in [0.717, 1.165) is 43.0 Å². The zero-order valence-corrected chi connectivity index (χ0v) is 18.8. The third-order valence-corrected chi connectivity index (χ3v) is 6.10. The Bertz CT molecular complexity index is 987. The van der Waals surface area contributed by atoms with E-state index in [0.29, 0.717) is 24.5 Å². The normalized spacial score (nSPS) is 19.7. The molecule has 8 heteroatoms. The Morgan fingerprint density at radius 1 is 1.06 bits per heavy atom. The zero-order valence-electron chi connectivity index (χ0n) is 18.8. The molecule has 7 nitrogen and oxygen atoms in total. The molecule has 2 heterocycles. The monoisotopic (exact) mass is 440 g/mol. The Balaban J connectivity index is 1.63. The molecule has 0 spiro atoms. The molecule has 1 amide bonds. The Hall–Kier alpha value is -2.97. The van der Waals surface area contributed by atoms with Gasteiger partial charge in [0, 0.05) is 44.2 Å². The summed E-state index contributed by atoms with van der Waals surface area (Å²) >= 11 is 0. The average molecular weight is 441 g/mol. The molecule has 0 saturated carbocycles. The van der Waals surface area contributed by atoms with Crippen LogP contribution in [0.5, 0.6) is 11.5 Å². The molecule has 1 saturated heterocycles. The van der Waals surface area contributed by atoms with Crippen molar-refractivity contribution in [3.63, 3.8) is 0 Å². The van der Waals surface area contributed by atoms with E-state index < -0.39 is 0 Å². The van der Waals surface area contributed by atoms with Gasteiger partial charge in [-0.3, -0.25) is 9.69 Å². The van der Waals surface area contributed by atoms with Crippen LogP contribution in [-0.2, 0) is 4.79 Å². The predicted molar refractivity (Wildman–Crippen MR) is 121 cm³/mol. The molecule has 1 atom stereocenters. The van der Waals surface area contributed by atoms with Crippen molar-refractivity contribution < 1.29 is 18.7 Å². The van der Waals surface area contributed by atoms with Gasteiger partial charge in [-0.1, -0.05) is 12.1 Å². The molecule has 0 aromatic heterocycles. The summed E-state index contributed by atoms with van der Waals surface area (Å²) in [5.74, 6) is 0.958. The molecule has 2 aliphatic rings. The first-order valence-corrected chi connectivity index (χ1v) is 10.8. The minimum absolute atomic E-state index is 0.0606. The Kier molecular flexibility index (Phi) is 6.72. The van der Waals surface area contributed by atoms with E-state index >= 15 is 0 Å². The van der Waals surface area contributed by atoms with Gasteiger partial charge in [0.1, 0.15) is 17.3 Å². The van der Waals surface area contributed by atoms with Gasteiger partial charge in [0.2, 0.25) is 0 Å². The van der Waals surface area contributed by atoms with E-state index in [1.807, 2.05) is 18.2 Å². The van der Waals surface area contributed by atoms with E-state index in [9.17, 15) is 9.18 Å². The summed E-state index contributed by atoms with van der Waals surface area (Å²) in [5, 5.41) is 6.27. The van der Waals surface area contributed by atoms with Gasteiger partial charge >= 0.3 is 0 Å². The third kappa shape index (κ3) is 4.76. The van der Waals surface area contributed by atoms with Crippen LogP contribution in [0.15, 0.2) is 47.6 Å². The van der Waals surface area contributed by atoms with Crippen LogP contribution in [0.25, 0.3) is 0 Å². The fraction of sp³-hybridized carbons (Fsp3) is 0.417. The Morgan fingerprint density at radius 2 is 1.78 bits per heavy atom. The van der Waals surface area contributed by atoms with Crippen molar-refractivity contribution in [2.45, 2.75) is 12.5 Å². The maximum atomic E-state index is 13.4. The lowest BCUT2D eigenvalue weighted by Crippen LogP contribution is -2.48. The highest BCUT2D eigenvalue weighted by Crippen LogP contribution is 2.39. The molecular formula is C24H29FN4O3. The summed E-state index contributed by atoms with van der Waals surface area (Å²) < 4.78 is 24.4. The molecule has 0 N–H and O–H groups in total. The number of piperazine rings is 1. The molecular weight excluding hydrogens is 411 g/mol. The molecule has 1 fully saturated rings. The number of carbonyl (C=O) groups is 1. The summed E-state index contributed by atoms with van der Waals surface area (Å²) in [6.07, 6.45) is 0.517. The number of rotatable bonds is 6. The fourth-order valence-corrected chi connectivity index (χ4v) is 4.16. The summed E-state index contributed by atoms with van der Waals surface area (Å²) in [7, 11) is 5.29. The van der Waals surface area contributed by atoms with Gasteiger partial charge in [0.15, 0.2) is 0 Å². The van der Waals surface area contributed by atoms with Crippen LogP contribution in [-0.4, -0.2) is 80.4 Å². The smallest absolute Gasteiger partial charge is 0.257 e. The van der Waals surface area contributed by atoms with Gasteiger partial charge < -0.3 is 14.4 Å². The molecule has 170 valence electrons. The highest BCUT2D eigenvalue weighted by Gasteiger charge is 2.35. The van der Waals surface area contributed by atoms with Crippen LogP contribution in [0, 0.1) is 5.82 Å². The summed E-state index contributed by atoms with van der Waals surface area (Å²) in [5.41, 5.74) is 2.42. The van der Waals surface area contributed by atoms with Crippen LogP contribution < -0.4 is 9.47 Å². The number of hydrogen-bond acceptors (Lipinski definition) is 6. The maximum Gasteiger partial charge on any atom is 0.257 e. The number of amides is 1. The van der Waals surface area contributed by atoms with Crippen LogP contribution in [0.4, 0.5) is 4.39 Å². The van der Waals surface area contributed by atoms with E-state index in [-0.39, 0.29) is 17.8 Å². The predicted octanol–water partition coefficient (Wildman–Crippen LogP) is 2.77. The van der Waals surface area contributed by atoms with Gasteiger partial charge in [-0.15, -0.1) is 0 Å². The van der Waals surface area contributed by atoms with Gasteiger partial charge in [-0.05, 0) is 36.9 Å². The topological polar surface area (TPSA) is 57.6 Å².